The van der Waals surface area contributed by atoms with E-state index in [-0.39, 0.29) is 0 Å². The van der Waals surface area contributed by atoms with Crippen molar-refractivity contribution in [3.63, 3.8) is 0 Å². The molecule has 0 bridgehead atoms. The highest BCUT2D eigenvalue weighted by Gasteiger charge is 2.10. The lowest BCUT2D eigenvalue weighted by Gasteiger charge is -2.06. The summed E-state index contributed by atoms with van der Waals surface area (Å²) in [6.45, 7) is -0.421. The molecule has 0 saturated heterocycles. The topological polar surface area (TPSA) is 78.4 Å². The molecule has 0 aliphatic heterocycles. The summed E-state index contributed by atoms with van der Waals surface area (Å²) in [5.41, 5.74) is 0.732. The third kappa shape index (κ3) is 3.14. The maximum atomic E-state index is 11.5. The monoisotopic (exact) mass is 228 g/mol. The van der Waals surface area contributed by atoms with Crippen LogP contribution in [0.3, 0.4) is 0 Å². The van der Waals surface area contributed by atoms with Crippen LogP contribution in [0.4, 0.5) is 5.69 Å². The Labute approximate surface area is 91.2 Å². The molecule has 0 atom stereocenters. The van der Waals surface area contributed by atoms with Crippen LogP contribution in [0.2, 0.25) is 0 Å². The van der Waals surface area contributed by atoms with Crippen molar-refractivity contribution in [2.24, 2.45) is 0 Å². The molecule has 0 radical (unpaired) electrons. The van der Waals surface area contributed by atoms with Crippen molar-refractivity contribution in [2.75, 3.05) is 11.4 Å². The Balaban J connectivity index is 2.77. The first-order valence-corrected chi connectivity index (χ1v) is 4.48. The van der Waals surface area contributed by atoms with Crippen molar-refractivity contribution in [1.29, 1.82) is 0 Å². The molecule has 6 heteroatoms. The molecule has 0 aliphatic rings. The zero-order valence-electron chi connectivity index (χ0n) is 7.66. The first-order chi connectivity index (χ1) is 7.15. The number of carboxylic acid groups (broad SMARTS) is 1. The average molecular weight is 229 g/mol. The highest BCUT2D eigenvalue weighted by atomic mass is 35.5. The van der Waals surface area contributed by atoms with Crippen LogP contribution < -0.4 is 10.2 Å². The molecule has 0 aromatic heterocycles. The molecule has 0 saturated carbocycles. The van der Waals surface area contributed by atoms with E-state index in [2.05, 4.69) is 10.2 Å². The Kier molecular flexibility index (Phi) is 3.93. The predicted octanol–water partition coefficient (Wildman–Crippen LogP) is 1.07. The first-order valence-electron chi connectivity index (χ1n) is 4.11. The third-order valence-corrected chi connectivity index (χ3v) is 1.88. The highest BCUT2D eigenvalue weighted by molar-refractivity contribution is 6.25. The Morgan fingerprint density at radius 2 is 2.00 bits per heavy atom. The molecule has 0 unspecified atom stereocenters. The SMILES string of the molecule is O=C(O)CNC(=O)c1ccccc1NCl. The Bertz CT molecular complexity index is 381. The number of hydrogen-bond donors (Lipinski definition) is 3. The van der Waals surface area contributed by atoms with Gasteiger partial charge >= 0.3 is 5.97 Å². The summed E-state index contributed by atoms with van der Waals surface area (Å²) in [4.78, 5) is 24.0. The number of para-hydroxylation sites is 1. The molecule has 0 fully saturated rings. The van der Waals surface area contributed by atoms with Crippen LogP contribution >= 0.6 is 11.8 Å². The second-order valence-electron chi connectivity index (χ2n) is 2.72. The Morgan fingerprint density at radius 1 is 1.33 bits per heavy atom. The minimum atomic E-state index is -1.10. The predicted molar refractivity (Wildman–Crippen MR) is 55.9 cm³/mol. The fraction of sp³-hybridized carbons (Fsp3) is 0.111. The van der Waals surface area contributed by atoms with E-state index in [0.717, 1.165) is 0 Å². The van der Waals surface area contributed by atoms with Gasteiger partial charge in [-0.05, 0) is 12.1 Å². The van der Waals surface area contributed by atoms with Crippen LogP contribution in [-0.4, -0.2) is 23.5 Å². The number of halogens is 1. The van der Waals surface area contributed by atoms with Gasteiger partial charge < -0.3 is 10.4 Å². The Morgan fingerprint density at radius 3 is 2.60 bits per heavy atom. The number of benzene rings is 1. The van der Waals surface area contributed by atoms with Gasteiger partial charge in [0, 0.05) is 11.8 Å². The van der Waals surface area contributed by atoms with Gasteiger partial charge in [-0.15, -0.1) is 0 Å². The maximum Gasteiger partial charge on any atom is 0.322 e. The number of aliphatic carboxylic acids is 1. The normalized spacial score (nSPS) is 9.40. The van der Waals surface area contributed by atoms with Crippen molar-refractivity contribution in [2.45, 2.75) is 0 Å². The van der Waals surface area contributed by atoms with Crippen LogP contribution in [0.1, 0.15) is 10.4 Å². The van der Waals surface area contributed by atoms with E-state index in [4.69, 9.17) is 16.9 Å². The molecule has 5 nitrogen and oxygen atoms in total. The van der Waals surface area contributed by atoms with Gasteiger partial charge in [0.2, 0.25) is 0 Å². The van der Waals surface area contributed by atoms with Gasteiger partial charge in [-0.1, -0.05) is 12.1 Å². The third-order valence-electron chi connectivity index (χ3n) is 1.67. The standard InChI is InChI=1S/C9H9ClN2O3/c10-12-7-4-2-1-3-6(7)9(15)11-5-8(13)14/h1-4,12H,5H2,(H,11,15)(H,13,14). The minimum absolute atomic E-state index is 0.300. The summed E-state index contributed by atoms with van der Waals surface area (Å²) < 4.78 is 0. The van der Waals surface area contributed by atoms with Gasteiger partial charge in [0.25, 0.3) is 5.91 Å². The fourth-order valence-electron chi connectivity index (χ4n) is 1.01. The summed E-state index contributed by atoms with van der Waals surface area (Å²) in [6, 6.07) is 6.52. The van der Waals surface area contributed by atoms with E-state index in [1.165, 1.54) is 0 Å². The van der Waals surface area contributed by atoms with Crippen LogP contribution in [0, 0.1) is 0 Å². The van der Waals surface area contributed by atoms with Gasteiger partial charge in [0.1, 0.15) is 6.54 Å². The average Bonchev–Trinajstić information content (AvgIpc) is 2.25. The van der Waals surface area contributed by atoms with E-state index in [1.807, 2.05) is 0 Å². The van der Waals surface area contributed by atoms with E-state index >= 15 is 0 Å². The second-order valence-corrected chi connectivity index (χ2v) is 2.91. The number of hydrogen-bond acceptors (Lipinski definition) is 3. The lowest BCUT2D eigenvalue weighted by Crippen LogP contribution is -2.29. The van der Waals surface area contributed by atoms with E-state index < -0.39 is 18.4 Å². The molecular weight excluding hydrogens is 220 g/mol. The lowest BCUT2D eigenvalue weighted by molar-refractivity contribution is -0.135. The molecule has 1 aromatic rings. The van der Waals surface area contributed by atoms with E-state index in [1.54, 1.807) is 24.3 Å². The molecule has 1 aromatic carbocycles. The fourth-order valence-corrected chi connectivity index (χ4v) is 1.18. The van der Waals surface area contributed by atoms with Gasteiger partial charge in [-0.3, -0.25) is 14.4 Å². The zero-order valence-corrected chi connectivity index (χ0v) is 8.41. The molecule has 80 valence electrons. The smallest absolute Gasteiger partial charge is 0.322 e. The largest absolute Gasteiger partial charge is 0.480 e. The number of nitrogens with one attached hydrogen (secondary N) is 2. The van der Waals surface area contributed by atoms with Crippen molar-refractivity contribution in [3.8, 4) is 0 Å². The molecule has 1 amide bonds. The quantitative estimate of drug-likeness (QED) is 0.674. The molecule has 0 aliphatic carbocycles. The summed E-state index contributed by atoms with van der Waals surface area (Å²) in [5.74, 6) is -1.58. The number of carbonyl (C=O) groups excluding carboxylic acids is 1. The molecular formula is C9H9ClN2O3. The van der Waals surface area contributed by atoms with Crippen molar-refractivity contribution in [1.82, 2.24) is 5.32 Å². The molecule has 0 heterocycles. The number of anilines is 1. The van der Waals surface area contributed by atoms with Gasteiger partial charge in [-0.2, -0.15) is 0 Å². The Hall–Kier alpha value is -1.75. The second kappa shape index (κ2) is 5.21. The number of carbonyl (C=O) groups is 2. The van der Waals surface area contributed by atoms with Crippen molar-refractivity contribution in [3.05, 3.63) is 29.8 Å². The van der Waals surface area contributed by atoms with Gasteiger partial charge in [0.05, 0.1) is 11.3 Å². The molecule has 0 spiro atoms. The van der Waals surface area contributed by atoms with Crippen LogP contribution in [-0.2, 0) is 4.79 Å². The maximum absolute atomic E-state index is 11.5. The van der Waals surface area contributed by atoms with Crippen molar-refractivity contribution >= 4 is 29.3 Å². The molecule has 15 heavy (non-hydrogen) atoms. The first kappa shape index (κ1) is 11.3. The highest BCUT2D eigenvalue weighted by Crippen LogP contribution is 2.15. The van der Waals surface area contributed by atoms with Crippen LogP contribution in [0.25, 0.3) is 0 Å². The van der Waals surface area contributed by atoms with E-state index in [0.29, 0.717) is 11.3 Å². The molecule has 1 rings (SSSR count). The number of rotatable bonds is 4. The number of amides is 1. The lowest BCUT2D eigenvalue weighted by atomic mass is 10.1. The van der Waals surface area contributed by atoms with E-state index in [9.17, 15) is 9.59 Å². The van der Waals surface area contributed by atoms with Gasteiger partial charge in [0.15, 0.2) is 0 Å². The summed E-state index contributed by atoms with van der Waals surface area (Å²) in [5, 5.41) is 10.6. The number of carboxylic acids is 1. The minimum Gasteiger partial charge on any atom is -0.480 e. The van der Waals surface area contributed by atoms with Crippen molar-refractivity contribution < 1.29 is 14.7 Å². The van der Waals surface area contributed by atoms with Crippen LogP contribution in [0.15, 0.2) is 24.3 Å². The summed E-state index contributed by atoms with van der Waals surface area (Å²) in [6.07, 6.45) is 0. The van der Waals surface area contributed by atoms with Crippen LogP contribution in [0.5, 0.6) is 0 Å². The summed E-state index contributed by atoms with van der Waals surface area (Å²) in [7, 11) is 0. The summed E-state index contributed by atoms with van der Waals surface area (Å²) >= 11 is 5.39. The zero-order chi connectivity index (χ0) is 11.3. The van der Waals surface area contributed by atoms with Gasteiger partial charge in [-0.25, -0.2) is 0 Å². The molecule has 3 N–H and O–H groups in total.